The Morgan fingerprint density at radius 3 is 2.38 bits per heavy atom. The van der Waals surface area contributed by atoms with Crippen LogP contribution >= 0.6 is 0 Å². The molecule has 8 heavy (non-hydrogen) atoms. The minimum atomic E-state index is -0.334. The summed E-state index contributed by atoms with van der Waals surface area (Å²) in [5.74, 6) is 0.144. The molecule has 0 rings (SSSR count). The van der Waals surface area contributed by atoms with E-state index in [9.17, 15) is 4.79 Å². The summed E-state index contributed by atoms with van der Waals surface area (Å²) in [5, 5.41) is 8.65. The minimum absolute atomic E-state index is 0.144. The van der Waals surface area contributed by atoms with E-state index in [2.05, 4.69) is 0 Å². The molecule has 0 aromatic carbocycles. The van der Waals surface area contributed by atoms with E-state index in [-0.39, 0.29) is 11.9 Å². The quantitative estimate of drug-likeness (QED) is 0.590. The van der Waals surface area contributed by atoms with Gasteiger partial charge in [0.1, 0.15) is 5.78 Å². The van der Waals surface area contributed by atoms with Gasteiger partial charge in [-0.3, -0.25) is 0 Å². The molecule has 0 aromatic heterocycles. The Bertz CT molecular complexity index is 76.6. The van der Waals surface area contributed by atoms with Crippen molar-refractivity contribution in [3.63, 3.8) is 0 Å². The van der Waals surface area contributed by atoms with Gasteiger partial charge in [-0.1, -0.05) is 0 Å². The van der Waals surface area contributed by atoms with Gasteiger partial charge >= 0.3 is 0 Å². The molecule has 0 heterocycles. The van der Waals surface area contributed by atoms with Gasteiger partial charge in [-0.2, -0.15) is 0 Å². The maximum Gasteiger partial charge on any atom is 0.129 e. The maximum atomic E-state index is 10.2. The highest BCUT2D eigenvalue weighted by molar-refractivity contribution is 5.75. The molecule has 0 saturated heterocycles. The van der Waals surface area contributed by atoms with Crippen LogP contribution in [0.2, 0.25) is 0 Å². The van der Waals surface area contributed by atoms with Gasteiger partial charge in [-0.05, 0) is 20.3 Å². The number of Topliss-reactive ketones (excluding diaryl/α,β-unsaturated/α-hetero) is 1. The van der Waals surface area contributed by atoms with Crippen LogP contribution < -0.4 is 0 Å². The van der Waals surface area contributed by atoms with E-state index < -0.39 is 0 Å². The van der Waals surface area contributed by atoms with E-state index in [4.69, 9.17) is 5.11 Å². The molecule has 0 fully saturated rings. The van der Waals surface area contributed by atoms with Crippen LogP contribution in [0.15, 0.2) is 0 Å². The first-order valence-corrected chi connectivity index (χ1v) is 2.80. The van der Waals surface area contributed by atoms with Crippen LogP contribution in [0.1, 0.15) is 26.7 Å². The molecule has 0 aromatic rings. The third kappa shape index (κ3) is 5.63. The number of aliphatic hydroxyl groups is 1. The molecule has 0 saturated carbocycles. The second-order valence-corrected chi connectivity index (χ2v) is 2.09. The summed E-state index contributed by atoms with van der Waals surface area (Å²) < 4.78 is 0. The zero-order valence-electron chi connectivity index (χ0n) is 5.35. The van der Waals surface area contributed by atoms with Gasteiger partial charge in [-0.25, -0.2) is 0 Å². The molecule has 0 spiro atoms. The molecular weight excluding hydrogens is 104 g/mol. The van der Waals surface area contributed by atoms with Crippen LogP contribution in [0.4, 0.5) is 0 Å². The maximum absolute atomic E-state index is 10.2. The van der Waals surface area contributed by atoms with Crippen molar-refractivity contribution in [2.24, 2.45) is 0 Å². The molecule has 1 N–H and O–H groups in total. The Balaban J connectivity index is 3.05. The summed E-state index contributed by atoms with van der Waals surface area (Å²) in [4.78, 5) is 10.2. The van der Waals surface area contributed by atoms with Crippen LogP contribution in [-0.4, -0.2) is 17.0 Å². The van der Waals surface area contributed by atoms with Crippen LogP contribution in [0.5, 0.6) is 0 Å². The van der Waals surface area contributed by atoms with Crippen molar-refractivity contribution < 1.29 is 9.90 Å². The highest BCUT2D eigenvalue weighted by Gasteiger charge is 1.96. The molecular formula is C6H12O2. The van der Waals surface area contributed by atoms with Crippen molar-refractivity contribution in [3.8, 4) is 0 Å². The van der Waals surface area contributed by atoms with Crippen molar-refractivity contribution in [1.82, 2.24) is 0 Å². The number of carbonyl (C=O) groups excluding carboxylic acids is 1. The molecule has 0 amide bonds. The van der Waals surface area contributed by atoms with Crippen molar-refractivity contribution >= 4 is 5.78 Å². The third-order valence-corrected chi connectivity index (χ3v) is 0.914. The average Bonchev–Trinajstić information content (AvgIpc) is 1.61. The van der Waals surface area contributed by atoms with Crippen LogP contribution in [0.25, 0.3) is 0 Å². The van der Waals surface area contributed by atoms with Crippen molar-refractivity contribution in [3.05, 3.63) is 0 Å². The Kier molecular flexibility index (Phi) is 3.44. The summed E-state index contributed by atoms with van der Waals surface area (Å²) in [7, 11) is 0. The monoisotopic (exact) mass is 116 g/mol. The Morgan fingerprint density at radius 1 is 1.75 bits per heavy atom. The highest BCUT2D eigenvalue weighted by atomic mass is 16.3. The Morgan fingerprint density at radius 2 is 2.25 bits per heavy atom. The Hall–Kier alpha value is -0.370. The molecule has 0 aliphatic rings. The number of aliphatic hydroxyl groups excluding tert-OH is 1. The Labute approximate surface area is 49.5 Å². The van der Waals surface area contributed by atoms with E-state index in [0.717, 1.165) is 0 Å². The molecule has 0 bridgehead atoms. The first-order valence-electron chi connectivity index (χ1n) is 2.80. The summed E-state index contributed by atoms with van der Waals surface area (Å²) in [6, 6.07) is 0. The second-order valence-electron chi connectivity index (χ2n) is 2.09. The van der Waals surface area contributed by atoms with Gasteiger partial charge in [0.15, 0.2) is 0 Å². The van der Waals surface area contributed by atoms with Crippen molar-refractivity contribution in [1.29, 1.82) is 0 Å². The largest absolute Gasteiger partial charge is 0.393 e. The number of rotatable bonds is 3. The predicted molar refractivity (Wildman–Crippen MR) is 31.6 cm³/mol. The van der Waals surface area contributed by atoms with E-state index >= 15 is 0 Å². The zero-order chi connectivity index (χ0) is 6.57. The summed E-state index contributed by atoms with van der Waals surface area (Å²) >= 11 is 0. The van der Waals surface area contributed by atoms with Crippen LogP contribution in [0.3, 0.4) is 0 Å². The lowest BCUT2D eigenvalue weighted by Gasteiger charge is -1.98. The molecule has 0 aliphatic carbocycles. The van der Waals surface area contributed by atoms with E-state index in [1.54, 1.807) is 6.92 Å². The topological polar surface area (TPSA) is 37.3 Å². The lowest BCUT2D eigenvalue weighted by Crippen LogP contribution is -2.01. The van der Waals surface area contributed by atoms with Gasteiger partial charge in [-0.15, -0.1) is 0 Å². The molecule has 48 valence electrons. The lowest BCUT2D eigenvalue weighted by atomic mass is 10.2. The first kappa shape index (κ1) is 7.63. The fourth-order valence-corrected chi connectivity index (χ4v) is 0.412. The molecule has 0 unspecified atom stereocenters. The van der Waals surface area contributed by atoms with Gasteiger partial charge in [0.2, 0.25) is 0 Å². The third-order valence-electron chi connectivity index (χ3n) is 0.914. The fraction of sp³-hybridized carbons (Fsp3) is 0.833. The normalized spacial score (nSPS) is 13.4. The van der Waals surface area contributed by atoms with Crippen LogP contribution in [-0.2, 0) is 4.79 Å². The molecule has 0 aliphatic heterocycles. The minimum Gasteiger partial charge on any atom is -0.393 e. The van der Waals surface area contributed by atoms with E-state index in [1.807, 2.05) is 0 Å². The van der Waals surface area contributed by atoms with Crippen molar-refractivity contribution in [2.75, 3.05) is 0 Å². The standard InChI is InChI=1S/C6H12O2/c1-5(7)3-4-6(2)8/h5,7H,3-4H2,1-2H3/t5-/m0/s1. The average molecular weight is 116 g/mol. The number of ketones is 1. The van der Waals surface area contributed by atoms with Crippen LogP contribution in [0, 0.1) is 0 Å². The fourth-order valence-electron chi connectivity index (χ4n) is 0.412. The SMILES string of the molecule is CC(=O)CC[C@H](C)O. The number of carbonyl (C=O) groups is 1. The number of hydrogen-bond donors (Lipinski definition) is 1. The van der Waals surface area contributed by atoms with Gasteiger partial charge in [0, 0.05) is 6.42 Å². The van der Waals surface area contributed by atoms with Crippen molar-refractivity contribution in [2.45, 2.75) is 32.8 Å². The van der Waals surface area contributed by atoms with E-state index in [0.29, 0.717) is 12.8 Å². The first-order chi connectivity index (χ1) is 3.63. The molecule has 1 atom stereocenters. The highest BCUT2D eigenvalue weighted by Crippen LogP contribution is 1.94. The predicted octanol–water partition coefficient (Wildman–Crippen LogP) is 0.736. The van der Waals surface area contributed by atoms with Gasteiger partial charge < -0.3 is 9.90 Å². The summed E-state index contributed by atoms with van der Waals surface area (Å²) in [5.41, 5.74) is 0. The number of hydrogen-bond acceptors (Lipinski definition) is 2. The summed E-state index contributed by atoms with van der Waals surface area (Å²) in [6.07, 6.45) is 0.756. The smallest absolute Gasteiger partial charge is 0.129 e. The van der Waals surface area contributed by atoms with E-state index in [1.165, 1.54) is 6.92 Å². The van der Waals surface area contributed by atoms with Gasteiger partial charge in [0.25, 0.3) is 0 Å². The summed E-state index contributed by atoms with van der Waals surface area (Å²) in [6.45, 7) is 3.21. The molecule has 0 radical (unpaired) electrons. The zero-order valence-corrected chi connectivity index (χ0v) is 5.35. The molecule has 2 nitrogen and oxygen atoms in total. The second kappa shape index (κ2) is 3.61. The van der Waals surface area contributed by atoms with Gasteiger partial charge in [0.05, 0.1) is 6.10 Å². The lowest BCUT2D eigenvalue weighted by molar-refractivity contribution is -0.117. The molecule has 2 heteroatoms.